The van der Waals surface area contributed by atoms with Gasteiger partial charge in [0.05, 0.1) is 12.9 Å². The van der Waals surface area contributed by atoms with Crippen molar-refractivity contribution in [3.63, 3.8) is 0 Å². The normalized spacial score (nSPS) is 13.6. The van der Waals surface area contributed by atoms with E-state index in [0.717, 1.165) is 29.1 Å². The maximum atomic E-state index is 12.9. The number of rotatable bonds is 7. The Morgan fingerprint density at radius 3 is 2.42 bits per heavy atom. The van der Waals surface area contributed by atoms with Gasteiger partial charge in [0, 0.05) is 17.5 Å². The van der Waals surface area contributed by atoms with Crippen LogP contribution in [0.4, 0.5) is 4.39 Å². The maximum Gasteiger partial charge on any atom is 0.233 e. The Labute approximate surface area is 145 Å². The van der Waals surface area contributed by atoms with Gasteiger partial charge in [-0.3, -0.25) is 4.79 Å². The Hall–Kier alpha value is -2.01. The highest BCUT2D eigenvalue weighted by molar-refractivity contribution is 8.00. The van der Waals surface area contributed by atoms with Gasteiger partial charge in [-0.25, -0.2) is 4.39 Å². The van der Waals surface area contributed by atoms with Crippen molar-refractivity contribution < 1.29 is 13.9 Å². The summed E-state index contributed by atoms with van der Waals surface area (Å²) in [4.78, 5) is 15.5. The standard InChI is InChI=1S/C19H20FNO2S/c1-23-17-8-2-14(3-9-17)12-21(16-6-7-16)19(22)13-24-18-10-4-15(20)5-11-18/h2-5,8-11,16H,6-7,12-13H2,1H3. The van der Waals surface area contributed by atoms with Crippen molar-refractivity contribution in [1.29, 1.82) is 0 Å². The fraction of sp³-hybridized carbons (Fsp3) is 0.316. The molecule has 0 aliphatic heterocycles. The molecule has 2 aromatic rings. The predicted molar refractivity (Wildman–Crippen MR) is 93.7 cm³/mol. The van der Waals surface area contributed by atoms with Crippen LogP contribution in [0.25, 0.3) is 0 Å². The molecule has 5 heteroatoms. The molecule has 0 heterocycles. The van der Waals surface area contributed by atoms with E-state index in [0.29, 0.717) is 18.3 Å². The fourth-order valence-electron chi connectivity index (χ4n) is 2.49. The van der Waals surface area contributed by atoms with E-state index >= 15 is 0 Å². The second kappa shape index (κ2) is 7.71. The van der Waals surface area contributed by atoms with E-state index < -0.39 is 0 Å². The molecular formula is C19H20FNO2S. The van der Waals surface area contributed by atoms with Gasteiger partial charge in [-0.2, -0.15) is 0 Å². The predicted octanol–water partition coefficient (Wildman–Crippen LogP) is 4.12. The lowest BCUT2D eigenvalue weighted by Crippen LogP contribution is -2.33. The third kappa shape index (κ3) is 4.51. The van der Waals surface area contributed by atoms with Gasteiger partial charge in [0.15, 0.2) is 0 Å². The Kier molecular flexibility index (Phi) is 5.41. The summed E-state index contributed by atoms with van der Waals surface area (Å²) in [6.45, 7) is 0.622. The van der Waals surface area contributed by atoms with Crippen LogP contribution in [-0.4, -0.2) is 29.7 Å². The van der Waals surface area contributed by atoms with Gasteiger partial charge in [-0.15, -0.1) is 11.8 Å². The Morgan fingerprint density at radius 1 is 1.17 bits per heavy atom. The molecule has 24 heavy (non-hydrogen) atoms. The molecular weight excluding hydrogens is 325 g/mol. The molecule has 0 atom stereocenters. The number of hydrogen-bond donors (Lipinski definition) is 0. The molecule has 1 fully saturated rings. The summed E-state index contributed by atoms with van der Waals surface area (Å²) >= 11 is 1.45. The molecule has 1 saturated carbocycles. The molecule has 1 aliphatic carbocycles. The summed E-state index contributed by atoms with van der Waals surface area (Å²) in [5.41, 5.74) is 1.10. The SMILES string of the molecule is COc1ccc(CN(C(=O)CSc2ccc(F)cc2)C2CC2)cc1. The van der Waals surface area contributed by atoms with E-state index in [1.165, 1.54) is 23.9 Å². The van der Waals surface area contributed by atoms with Crippen molar-refractivity contribution in [2.75, 3.05) is 12.9 Å². The fourth-order valence-corrected chi connectivity index (χ4v) is 3.28. The Balaban J connectivity index is 1.59. The van der Waals surface area contributed by atoms with Gasteiger partial charge in [0.25, 0.3) is 0 Å². The van der Waals surface area contributed by atoms with Crippen LogP contribution < -0.4 is 4.74 Å². The minimum absolute atomic E-state index is 0.127. The van der Waals surface area contributed by atoms with Gasteiger partial charge in [0.1, 0.15) is 11.6 Å². The first-order valence-electron chi connectivity index (χ1n) is 7.96. The number of carbonyl (C=O) groups is 1. The molecule has 0 N–H and O–H groups in total. The van der Waals surface area contributed by atoms with E-state index in [1.807, 2.05) is 29.2 Å². The van der Waals surface area contributed by atoms with Crippen molar-refractivity contribution in [2.24, 2.45) is 0 Å². The molecule has 3 nitrogen and oxygen atoms in total. The smallest absolute Gasteiger partial charge is 0.233 e. The monoisotopic (exact) mass is 345 g/mol. The summed E-state index contributed by atoms with van der Waals surface area (Å²) in [5, 5.41) is 0. The summed E-state index contributed by atoms with van der Waals surface area (Å²) in [7, 11) is 1.64. The highest BCUT2D eigenvalue weighted by Gasteiger charge is 2.32. The van der Waals surface area contributed by atoms with E-state index in [9.17, 15) is 9.18 Å². The first-order chi connectivity index (χ1) is 11.7. The van der Waals surface area contributed by atoms with Gasteiger partial charge in [-0.05, 0) is 54.8 Å². The van der Waals surface area contributed by atoms with Crippen LogP contribution in [0.1, 0.15) is 18.4 Å². The van der Waals surface area contributed by atoms with Crippen LogP contribution >= 0.6 is 11.8 Å². The van der Waals surface area contributed by atoms with E-state index in [-0.39, 0.29) is 11.7 Å². The summed E-state index contributed by atoms with van der Waals surface area (Å²) in [6, 6.07) is 14.4. The number of benzene rings is 2. The molecule has 126 valence electrons. The highest BCUT2D eigenvalue weighted by atomic mass is 32.2. The number of amides is 1. The first-order valence-corrected chi connectivity index (χ1v) is 8.95. The second-order valence-corrected chi connectivity index (χ2v) is 6.89. The molecule has 0 aromatic heterocycles. The zero-order chi connectivity index (χ0) is 16.9. The lowest BCUT2D eigenvalue weighted by molar-refractivity contribution is -0.129. The third-order valence-electron chi connectivity index (χ3n) is 4.00. The molecule has 2 aromatic carbocycles. The zero-order valence-corrected chi connectivity index (χ0v) is 14.4. The van der Waals surface area contributed by atoms with Crippen molar-refractivity contribution in [2.45, 2.75) is 30.3 Å². The van der Waals surface area contributed by atoms with Gasteiger partial charge >= 0.3 is 0 Å². The van der Waals surface area contributed by atoms with Crippen LogP contribution in [-0.2, 0) is 11.3 Å². The number of carbonyl (C=O) groups excluding carboxylic acids is 1. The van der Waals surface area contributed by atoms with Crippen LogP contribution in [0.15, 0.2) is 53.4 Å². The zero-order valence-electron chi connectivity index (χ0n) is 13.6. The van der Waals surface area contributed by atoms with Crippen molar-refractivity contribution in [3.8, 4) is 5.75 Å². The lowest BCUT2D eigenvalue weighted by Gasteiger charge is -2.22. The molecule has 3 rings (SSSR count). The van der Waals surface area contributed by atoms with Crippen LogP contribution in [0.3, 0.4) is 0 Å². The topological polar surface area (TPSA) is 29.5 Å². The summed E-state index contributed by atoms with van der Waals surface area (Å²) in [5.74, 6) is 1.06. The molecule has 0 saturated heterocycles. The van der Waals surface area contributed by atoms with E-state index in [1.54, 1.807) is 19.2 Å². The number of ether oxygens (including phenoxy) is 1. The number of thioether (sulfide) groups is 1. The molecule has 0 unspecified atom stereocenters. The van der Waals surface area contributed by atoms with Crippen LogP contribution in [0.5, 0.6) is 5.75 Å². The number of halogens is 1. The van der Waals surface area contributed by atoms with Crippen LogP contribution in [0, 0.1) is 5.82 Å². The minimum atomic E-state index is -0.259. The molecule has 0 spiro atoms. The van der Waals surface area contributed by atoms with Crippen LogP contribution in [0.2, 0.25) is 0 Å². The maximum absolute atomic E-state index is 12.9. The first kappa shape index (κ1) is 16.8. The third-order valence-corrected chi connectivity index (χ3v) is 4.99. The minimum Gasteiger partial charge on any atom is -0.497 e. The van der Waals surface area contributed by atoms with Crippen molar-refractivity contribution in [3.05, 3.63) is 59.9 Å². The lowest BCUT2D eigenvalue weighted by atomic mass is 10.2. The number of hydrogen-bond acceptors (Lipinski definition) is 3. The molecule has 1 amide bonds. The number of nitrogens with zero attached hydrogens (tertiary/aromatic N) is 1. The van der Waals surface area contributed by atoms with Gasteiger partial charge < -0.3 is 9.64 Å². The average molecular weight is 345 g/mol. The summed E-state index contributed by atoms with van der Waals surface area (Å²) < 4.78 is 18.1. The summed E-state index contributed by atoms with van der Waals surface area (Å²) in [6.07, 6.45) is 2.15. The van der Waals surface area contributed by atoms with E-state index in [2.05, 4.69) is 0 Å². The quantitative estimate of drug-likeness (QED) is 0.707. The van der Waals surface area contributed by atoms with Crippen molar-refractivity contribution in [1.82, 2.24) is 4.90 Å². The largest absolute Gasteiger partial charge is 0.497 e. The molecule has 0 radical (unpaired) electrons. The van der Waals surface area contributed by atoms with E-state index in [4.69, 9.17) is 4.74 Å². The molecule has 0 bridgehead atoms. The Morgan fingerprint density at radius 2 is 1.83 bits per heavy atom. The highest BCUT2D eigenvalue weighted by Crippen LogP contribution is 2.30. The average Bonchev–Trinajstić information content (AvgIpc) is 3.44. The van der Waals surface area contributed by atoms with Gasteiger partial charge in [0.2, 0.25) is 5.91 Å². The number of methoxy groups -OCH3 is 1. The van der Waals surface area contributed by atoms with Crippen molar-refractivity contribution >= 4 is 17.7 Å². The Bertz CT molecular complexity index is 684. The molecule has 1 aliphatic rings. The second-order valence-electron chi connectivity index (χ2n) is 5.84. The van der Waals surface area contributed by atoms with Gasteiger partial charge in [-0.1, -0.05) is 12.1 Å².